The van der Waals surface area contributed by atoms with Gasteiger partial charge in [0.05, 0.1) is 46.7 Å². The summed E-state index contributed by atoms with van der Waals surface area (Å²) in [5.41, 5.74) is 21.7. The Hall–Kier alpha value is -7.44. The van der Waals surface area contributed by atoms with Gasteiger partial charge in [0, 0.05) is 50.2 Å². The first kappa shape index (κ1) is 68.9. The fourth-order valence-corrected chi connectivity index (χ4v) is 15.9. The highest BCUT2D eigenvalue weighted by atomic mass is 16.5. The second-order valence-corrected chi connectivity index (χ2v) is 36.5. The maximum Gasteiger partial charge on any atom is 0.147 e. The van der Waals surface area contributed by atoms with Crippen LogP contribution in [-0.2, 0) is 45.3 Å². The van der Waals surface area contributed by atoms with Gasteiger partial charge in [-0.15, -0.1) is 0 Å². The van der Waals surface area contributed by atoms with Gasteiger partial charge < -0.3 is 28.8 Å². The smallest absolute Gasteiger partial charge is 0.147 e. The van der Waals surface area contributed by atoms with Crippen molar-refractivity contribution in [2.45, 2.75) is 244 Å². The van der Waals surface area contributed by atoms with Crippen LogP contribution in [-0.4, -0.2) is 32.6 Å². The number of hydrogen-bond donors (Lipinski definition) is 2. The number of ether oxygens (including phenoxy) is 2. The summed E-state index contributed by atoms with van der Waals surface area (Å²) < 4.78 is 19.1. The highest BCUT2D eigenvalue weighted by Crippen LogP contribution is 2.52. The van der Waals surface area contributed by atoms with Crippen LogP contribution in [0.25, 0.3) is 77.2 Å². The predicted molar refractivity (Wildman–Crippen MR) is 407 cm³/mol. The molecule has 8 aromatic carbocycles. The van der Waals surface area contributed by atoms with Gasteiger partial charge in [-0.3, -0.25) is 0 Å². The average Bonchev–Trinajstić information content (AvgIpc) is 1.62. The molecular weight excluding hydrogens is 1160 g/mol. The minimum atomic E-state index is -0.270. The lowest BCUT2D eigenvalue weighted by Gasteiger charge is -2.34. The van der Waals surface area contributed by atoms with E-state index in [-0.39, 0.29) is 54.8 Å². The van der Waals surface area contributed by atoms with Gasteiger partial charge >= 0.3 is 0 Å². The third-order valence-corrected chi connectivity index (χ3v) is 20.7. The molecule has 0 spiro atoms. The van der Waals surface area contributed by atoms with Crippen molar-refractivity contribution in [3.63, 3.8) is 0 Å². The maximum atomic E-state index is 13.5. The van der Waals surface area contributed by atoms with E-state index in [0.29, 0.717) is 19.6 Å². The van der Waals surface area contributed by atoms with E-state index in [0.717, 1.165) is 127 Å². The number of aromatic hydroxyl groups is 2. The standard InChI is InChI=1S/C89H112N2O4/c1-53-40-68(69-43-60(88(22,23)51-82(4,5)6)49-76(79(69)92)90-72-45-56(84(10,11)12)30-34-63(72)64-35-31-57(46-73(64)90)85(13,14)15)78(42-54(53)2)94-38-27-39-95-81-67-29-26-28-62(67)55(3)41-71(81)70-44-61(89(24,25)52-83(7,8)9)50-77(80(70)93)91-74-47-58(86(16,17)18)32-36-65(74)66-37-33-59(48-75(66)91)87(19,20)21/h30-37,40-50,92-93H,26-29,38-39,51-52H2,1-25H3. The molecular formula is C89H112N2O4. The monoisotopic (exact) mass is 1270 g/mol. The lowest BCUT2D eigenvalue weighted by atomic mass is 9.71. The molecule has 0 radical (unpaired) electrons. The van der Waals surface area contributed by atoms with Crippen molar-refractivity contribution in [2.75, 3.05) is 13.2 Å². The summed E-state index contributed by atoms with van der Waals surface area (Å²) in [6.45, 7) is 58.1. The molecule has 502 valence electrons. The van der Waals surface area contributed by atoms with E-state index in [1.807, 2.05) is 0 Å². The molecule has 2 aromatic heterocycles. The minimum absolute atomic E-state index is 0.0331. The van der Waals surface area contributed by atoms with Gasteiger partial charge in [0.15, 0.2) is 0 Å². The molecule has 0 atom stereocenters. The van der Waals surface area contributed by atoms with Crippen LogP contribution in [0, 0.1) is 31.6 Å². The largest absolute Gasteiger partial charge is 0.505 e. The average molecular weight is 1270 g/mol. The van der Waals surface area contributed by atoms with E-state index in [1.165, 1.54) is 55.3 Å². The van der Waals surface area contributed by atoms with E-state index in [2.05, 4.69) is 297 Å². The summed E-state index contributed by atoms with van der Waals surface area (Å²) in [4.78, 5) is 0. The number of aryl methyl sites for hydroxylation is 3. The number of hydrogen-bond acceptors (Lipinski definition) is 4. The zero-order valence-electron chi connectivity index (χ0n) is 62.7. The molecule has 1 aliphatic rings. The molecule has 0 unspecified atom stereocenters. The van der Waals surface area contributed by atoms with Crippen LogP contribution in [0.3, 0.4) is 0 Å². The molecule has 95 heavy (non-hydrogen) atoms. The molecule has 0 bridgehead atoms. The van der Waals surface area contributed by atoms with Crippen LogP contribution < -0.4 is 9.47 Å². The van der Waals surface area contributed by atoms with Crippen LogP contribution in [0.15, 0.2) is 115 Å². The Morgan fingerprint density at radius 2 is 0.705 bits per heavy atom. The number of phenolic OH excluding ortho intramolecular Hbond substituents is 2. The molecule has 6 heteroatoms. The maximum absolute atomic E-state index is 13.5. The third kappa shape index (κ3) is 13.4. The van der Waals surface area contributed by atoms with Crippen molar-refractivity contribution in [1.29, 1.82) is 0 Å². The summed E-state index contributed by atoms with van der Waals surface area (Å²) in [5, 5.41) is 31.6. The van der Waals surface area contributed by atoms with Crippen molar-refractivity contribution in [3.05, 3.63) is 176 Å². The summed E-state index contributed by atoms with van der Waals surface area (Å²) in [5.74, 6) is 2.05. The first-order valence-corrected chi connectivity index (χ1v) is 35.4. The fourth-order valence-electron chi connectivity index (χ4n) is 15.9. The van der Waals surface area contributed by atoms with Crippen molar-refractivity contribution in [3.8, 4) is 56.6 Å². The van der Waals surface area contributed by atoms with Gasteiger partial charge in [0.2, 0.25) is 0 Å². The summed E-state index contributed by atoms with van der Waals surface area (Å²) in [7, 11) is 0. The summed E-state index contributed by atoms with van der Waals surface area (Å²) >= 11 is 0. The predicted octanol–water partition coefficient (Wildman–Crippen LogP) is 24.5. The topological polar surface area (TPSA) is 68.8 Å². The zero-order valence-corrected chi connectivity index (χ0v) is 62.7. The third-order valence-electron chi connectivity index (χ3n) is 20.7. The Kier molecular flexibility index (Phi) is 17.4. The first-order valence-electron chi connectivity index (χ1n) is 35.4. The van der Waals surface area contributed by atoms with Gasteiger partial charge in [0.1, 0.15) is 23.0 Å². The Morgan fingerprint density at radius 3 is 1.08 bits per heavy atom. The Balaban J connectivity index is 1.02. The zero-order chi connectivity index (χ0) is 69.4. The molecule has 11 rings (SSSR count). The molecule has 0 aliphatic heterocycles. The van der Waals surface area contributed by atoms with Gasteiger partial charge in [-0.2, -0.15) is 0 Å². The highest BCUT2D eigenvalue weighted by molar-refractivity contribution is 6.11. The molecule has 0 fully saturated rings. The first-order chi connectivity index (χ1) is 43.9. The van der Waals surface area contributed by atoms with E-state index >= 15 is 0 Å². The highest BCUT2D eigenvalue weighted by Gasteiger charge is 2.35. The number of phenols is 2. The molecule has 10 aromatic rings. The molecule has 2 N–H and O–H groups in total. The second-order valence-electron chi connectivity index (χ2n) is 36.5. The minimum Gasteiger partial charge on any atom is -0.505 e. The summed E-state index contributed by atoms with van der Waals surface area (Å²) in [6.07, 6.45) is 5.42. The number of rotatable bonds is 14. The molecule has 6 nitrogen and oxygen atoms in total. The summed E-state index contributed by atoms with van der Waals surface area (Å²) in [6, 6.07) is 43.4. The molecule has 2 heterocycles. The van der Waals surface area contributed by atoms with Gasteiger partial charge in [-0.1, -0.05) is 201 Å². The number of fused-ring (bicyclic) bond motifs is 7. The van der Waals surface area contributed by atoms with Crippen molar-refractivity contribution in [1.82, 2.24) is 9.13 Å². The van der Waals surface area contributed by atoms with Crippen LogP contribution >= 0.6 is 0 Å². The van der Waals surface area contributed by atoms with Crippen LogP contribution in [0.2, 0.25) is 0 Å². The van der Waals surface area contributed by atoms with E-state index in [9.17, 15) is 10.2 Å². The van der Waals surface area contributed by atoms with Crippen LogP contribution in [0.4, 0.5) is 0 Å². The lowest BCUT2D eigenvalue weighted by molar-refractivity contribution is 0.247. The molecule has 0 saturated carbocycles. The number of aromatic nitrogens is 2. The van der Waals surface area contributed by atoms with Crippen molar-refractivity contribution >= 4 is 43.6 Å². The van der Waals surface area contributed by atoms with Gasteiger partial charge in [0.25, 0.3) is 0 Å². The number of nitrogens with zero attached hydrogens (tertiary/aromatic N) is 2. The molecule has 0 amide bonds. The molecule has 1 aliphatic carbocycles. The van der Waals surface area contributed by atoms with E-state index < -0.39 is 0 Å². The van der Waals surface area contributed by atoms with Crippen molar-refractivity contribution < 1.29 is 19.7 Å². The Morgan fingerprint density at radius 1 is 0.358 bits per heavy atom. The van der Waals surface area contributed by atoms with Gasteiger partial charge in [-0.25, -0.2) is 0 Å². The Bertz CT molecular complexity index is 4500. The number of benzene rings is 8. The lowest BCUT2D eigenvalue weighted by Crippen LogP contribution is -2.25. The normalized spacial score (nSPS) is 13.9. The van der Waals surface area contributed by atoms with Crippen LogP contribution in [0.5, 0.6) is 23.0 Å². The van der Waals surface area contributed by atoms with Crippen molar-refractivity contribution in [2.24, 2.45) is 10.8 Å². The second kappa shape index (κ2) is 24.0. The fraction of sp³-hybridized carbons (Fsp3) is 0.461. The van der Waals surface area contributed by atoms with E-state index in [4.69, 9.17) is 9.47 Å². The van der Waals surface area contributed by atoms with Crippen LogP contribution in [0.1, 0.15) is 239 Å². The Labute approximate surface area is 570 Å². The van der Waals surface area contributed by atoms with Gasteiger partial charge in [-0.05, 0) is 224 Å². The SMILES string of the molecule is Cc1cc(OCCCOc2c(-c3cc(C(C)(C)CC(C)(C)C)cc(-n4c5cc(C(C)(C)C)ccc5c5ccc(C(C)(C)C)cc54)c3O)cc(C)c3c2CCC3)c(-c2cc(C(C)(C)CC(C)(C)C)cc(-n3c4cc(C(C)(C)C)ccc4c4ccc(C(C)(C)C)cc43)c2O)cc1C. The quantitative estimate of drug-likeness (QED) is 0.106. The molecule has 0 saturated heterocycles. The van der Waals surface area contributed by atoms with E-state index in [1.54, 1.807) is 0 Å².